The van der Waals surface area contributed by atoms with Gasteiger partial charge in [-0.25, -0.2) is 14.4 Å². The van der Waals surface area contributed by atoms with E-state index < -0.39 is 30.2 Å². The first kappa shape index (κ1) is 33.0. The van der Waals surface area contributed by atoms with Crippen LogP contribution in [0.4, 0.5) is 10.5 Å². The Labute approximate surface area is 270 Å². The number of carbonyl (C=O) groups excluding carboxylic acids is 3. The van der Waals surface area contributed by atoms with Gasteiger partial charge < -0.3 is 19.9 Å². The molecule has 0 saturated heterocycles. The Balaban J connectivity index is 1.59. The van der Waals surface area contributed by atoms with Crippen molar-refractivity contribution in [3.05, 3.63) is 69.0 Å². The number of carbonyl (C=O) groups is 3. The van der Waals surface area contributed by atoms with Crippen LogP contribution in [-0.4, -0.2) is 43.8 Å². The van der Waals surface area contributed by atoms with Crippen molar-refractivity contribution in [3.63, 3.8) is 0 Å². The lowest BCUT2D eigenvalue weighted by molar-refractivity contribution is -0.157. The van der Waals surface area contributed by atoms with Crippen molar-refractivity contribution in [2.24, 2.45) is 11.7 Å². The lowest BCUT2D eigenvalue weighted by atomic mass is 9.76. The van der Waals surface area contributed by atoms with E-state index in [9.17, 15) is 19.6 Å². The van der Waals surface area contributed by atoms with Gasteiger partial charge >= 0.3 is 18.0 Å². The molecule has 2 amide bonds. The fourth-order valence-electron chi connectivity index (χ4n) is 5.53. The molecule has 1 saturated carbocycles. The largest absolute Gasteiger partial charge is 0.479 e. The predicted molar refractivity (Wildman–Crippen MR) is 173 cm³/mol. The SMILES string of the molecule is COC(=O)c1sc(-c2cccc(N(CC3CCCC(c4ccccc4C#N)C3)C(N)=O)c2)c(Br)c1OCC(=O)OC(C)(C)C. The maximum Gasteiger partial charge on any atom is 0.351 e. The maximum absolute atomic E-state index is 12.7. The molecule has 2 N–H and O–H groups in total. The second kappa shape index (κ2) is 14.3. The molecule has 0 bridgehead atoms. The third kappa shape index (κ3) is 7.98. The quantitative estimate of drug-likeness (QED) is 0.233. The van der Waals surface area contributed by atoms with E-state index in [0.717, 1.165) is 42.6 Å². The third-order valence-corrected chi connectivity index (χ3v) is 9.58. The first-order valence-electron chi connectivity index (χ1n) is 14.3. The monoisotopic (exact) mass is 681 g/mol. The maximum atomic E-state index is 12.7. The van der Waals surface area contributed by atoms with Gasteiger partial charge in [0.25, 0.3) is 0 Å². The van der Waals surface area contributed by atoms with E-state index in [1.807, 2.05) is 48.5 Å². The minimum atomic E-state index is -0.685. The number of nitriles is 1. The van der Waals surface area contributed by atoms with E-state index in [2.05, 4.69) is 22.0 Å². The molecule has 4 rings (SSSR count). The van der Waals surface area contributed by atoms with Gasteiger partial charge in [-0.15, -0.1) is 11.3 Å². The summed E-state index contributed by atoms with van der Waals surface area (Å²) in [4.78, 5) is 40.1. The van der Waals surface area contributed by atoms with E-state index in [4.69, 9.17) is 19.9 Å². The number of primary amides is 1. The van der Waals surface area contributed by atoms with Crippen molar-refractivity contribution in [1.82, 2.24) is 0 Å². The van der Waals surface area contributed by atoms with Crippen LogP contribution in [0.1, 0.15) is 73.2 Å². The first-order valence-corrected chi connectivity index (χ1v) is 15.9. The standard InChI is InChI=1S/C33H36BrN3O6S/c1-33(2,3)43-26(38)19-42-28-27(34)29(44-30(28)31(39)41-4)22-12-8-13-24(16-22)37(32(36)40)18-20-9-7-11-21(15-20)25-14-6-5-10-23(25)17-35/h5-6,8,10,12-14,16,20-21H,7,9,11,15,18-19H2,1-4H3,(H2,36,40). The highest BCUT2D eigenvalue weighted by Crippen LogP contribution is 2.47. The second-order valence-corrected chi connectivity index (χ2v) is 13.5. The number of nitrogens with two attached hydrogens (primary N) is 1. The summed E-state index contributed by atoms with van der Waals surface area (Å²) in [6.07, 6.45) is 3.78. The molecule has 2 aromatic carbocycles. The summed E-state index contributed by atoms with van der Waals surface area (Å²) in [5.41, 5.74) is 8.30. The Morgan fingerprint density at radius 1 is 1.14 bits per heavy atom. The van der Waals surface area contributed by atoms with Gasteiger partial charge in [-0.1, -0.05) is 36.8 Å². The number of anilines is 1. The molecule has 3 aromatic rings. The van der Waals surface area contributed by atoms with E-state index >= 15 is 0 Å². The molecule has 1 heterocycles. The van der Waals surface area contributed by atoms with Gasteiger partial charge in [0.1, 0.15) is 5.60 Å². The first-order chi connectivity index (χ1) is 20.9. The third-order valence-electron chi connectivity index (χ3n) is 7.36. The highest BCUT2D eigenvalue weighted by atomic mass is 79.9. The lowest BCUT2D eigenvalue weighted by Crippen LogP contribution is -2.40. The molecule has 0 aliphatic heterocycles. The average Bonchev–Trinajstić information content (AvgIpc) is 3.33. The molecular weight excluding hydrogens is 646 g/mol. The fourth-order valence-corrected chi connectivity index (χ4v) is 7.50. The molecule has 1 fully saturated rings. The van der Waals surface area contributed by atoms with Gasteiger partial charge in [-0.05, 0) is 97.1 Å². The smallest absolute Gasteiger partial charge is 0.351 e. The molecule has 1 aliphatic carbocycles. The fraction of sp³-hybridized carbons (Fsp3) is 0.394. The summed E-state index contributed by atoms with van der Waals surface area (Å²) in [5.74, 6) is -0.577. The molecule has 9 nitrogen and oxygen atoms in total. The summed E-state index contributed by atoms with van der Waals surface area (Å²) in [7, 11) is 1.27. The molecule has 1 aliphatic rings. The number of urea groups is 1. The molecule has 232 valence electrons. The van der Waals surface area contributed by atoms with Crippen LogP contribution in [0, 0.1) is 17.2 Å². The van der Waals surface area contributed by atoms with Crippen LogP contribution < -0.4 is 15.4 Å². The number of amides is 2. The molecule has 0 spiro atoms. The van der Waals surface area contributed by atoms with Crippen molar-refractivity contribution in [2.45, 2.75) is 58.0 Å². The van der Waals surface area contributed by atoms with Crippen molar-refractivity contribution >= 4 is 50.9 Å². The Morgan fingerprint density at radius 3 is 2.57 bits per heavy atom. The van der Waals surface area contributed by atoms with Gasteiger partial charge in [0.15, 0.2) is 17.2 Å². The van der Waals surface area contributed by atoms with Crippen LogP contribution in [0.25, 0.3) is 10.4 Å². The number of nitrogens with zero attached hydrogens (tertiary/aromatic N) is 2. The minimum absolute atomic E-state index is 0.172. The van der Waals surface area contributed by atoms with Crippen molar-refractivity contribution in [2.75, 3.05) is 25.2 Å². The minimum Gasteiger partial charge on any atom is -0.479 e. The van der Waals surface area contributed by atoms with E-state index in [-0.39, 0.29) is 22.5 Å². The van der Waals surface area contributed by atoms with Crippen molar-refractivity contribution < 1.29 is 28.6 Å². The van der Waals surface area contributed by atoms with Crippen molar-refractivity contribution in [3.8, 4) is 22.3 Å². The highest BCUT2D eigenvalue weighted by Gasteiger charge is 2.29. The highest BCUT2D eigenvalue weighted by molar-refractivity contribution is 9.10. The number of halogens is 1. The van der Waals surface area contributed by atoms with Crippen LogP contribution >= 0.6 is 27.3 Å². The van der Waals surface area contributed by atoms with Crippen LogP contribution in [-0.2, 0) is 14.3 Å². The Hall–Kier alpha value is -3.88. The number of thiophene rings is 1. The summed E-state index contributed by atoms with van der Waals surface area (Å²) in [6.45, 7) is 5.31. The van der Waals surface area contributed by atoms with E-state index in [1.54, 1.807) is 25.7 Å². The van der Waals surface area contributed by atoms with Gasteiger partial charge in [0.05, 0.1) is 28.1 Å². The Bertz CT molecular complexity index is 1570. The van der Waals surface area contributed by atoms with Gasteiger partial charge in [0.2, 0.25) is 0 Å². The van der Waals surface area contributed by atoms with Gasteiger partial charge in [0, 0.05) is 12.2 Å². The van der Waals surface area contributed by atoms with Crippen LogP contribution in [0.15, 0.2) is 53.0 Å². The topological polar surface area (TPSA) is 132 Å². The van der Waals surface area contributed by atoms with E-state index in [1.165, 1.54) is 7.11 Å². The lowest BCUT2D eigenvalue weighted by Gasteiger charge is -2.33. The summed E-state index contributed by atoms with van der Waals surface area (Å²) >= 11 is 4.70. The number of hydrogen-bond acceptors (Lipinski definition) is 8. The second-order valence-electron chi connectivity index (χ2n) is 11.7. The zero-order valence-electron chi connectivity index (χ0n) is 25.2. The molecule has 11 heteroatoms. The molecular formula is C33H36BrN3O6S. The number of hydrogen-bond donors (Lipinski definition) is 1. The molecule has 2 unspecified atom stereocenters. The summed E-state index contributed by atoms with van der Waals surface area (Å²) in [6, 6.07) is 16.8. The summed E-state index contributed by atoms with van der Waals surface area (Å²) < 4.78 is 16.5. The normalized spacial score (nSPS) is 16.5. The number of rotatable bonds is 9. The number of methoxy groups -OCH3 is 1. The molecule has 0 radical (unpaired) electrons. The Morgan fingerprint density at radius 2 is 1.89 bits per heavy atom. The van der Waals surface area contributed by atoms with Crippen LogP contribution in [0.3, 0.4) is 0 Å². The number of esters is 2. The van der Waals surface area contributed by atoms with Crippen LogP contribution in [0.2, 0.25) is 0 Å². The zero-order valence-corrected chi connectivity index (χ0v) is 27.6. The number of ether oxygens (including phenoxy) is 3. The zero-order chi connectivity index (χ0) is 32.0. The van der Waals surface area contributed by atoms with Gasteiger partial charge in [-0.2, -0.15) is 5.26 Å². The van der Waals surface area contributed by atoms with E-state index in [0.29, 0.717) is 32.7 Å². The predicted octanol–water partition coefficient (Wildman–Crippen LogP) is 7.42. The molecule has 1 aromatic heterocycles. The molecule has 44 heavy (non-hydrogen) atoms. The van der Waals surface area contributed by atoms with Crippen molar-refractivity contribution in [1.29, 1.82) is 5.26 Å². The van der Waals surface area contributed by atoms with Gasteiger partial charge in [-0.3, -0.25) is 4.90 Å². The van der Waals surface area contributed by atoms with Crippen LogP contribution in [0.5, 0.6) is 5.75 Å². The Kier molecular flexibility index (Phi) is 10.7. The summed E-state index contributed by atoms with van der Waals surface area (Å²) in [5, 5.41) is 9.60. The average molecular weight is 683 g/mol. The molecule has 2 atom stereocenters. The number of benzene rings is 2.